The molecule has 1 aliphatic heterocycles. The van der Waals surface area contributed by atoms with E-state index < -0.39 is 0 Å². The van der Waals surface area contributed by atoms with Gasteiger partial charge in [0.15, 0.2) is 0 Å². The number of hydrogen-bond acceptors (Lipinski definition) is 5. The van der Waals surface area contributed by atoms with E-state index in [4.69, 9.17) is 0 Å². The van der Waals surface area contributed by atoms with Gasteiger partial charge in [0.05, 0.1) is 23.5 Å². The molecule has 0 fully saturated rings. The van der Waals surface area contributed by atoms with E-state index in [1.807, 2.05) is 43.1 Å². The summed E-state index contributed by atoms with van der Waals surface area (Å²) >= 11 is 0. The van der Waals surface area contributed by atoms with Crippen LogP contribution in [0, 0.1) is 0 Å². The van der Waals surface area contributed by atoms with Crippen molar-refractivity contribution in [2.45, 2.75) is 13.0 Å². The Hall–Kier alpha value is -3.32. The highest BCUT2D eigenvalue weighted by atomic mass is 16.2. The molecule has 2 aromatic carbocycles. The zero-order chi connectivity index (χ0) is 19.0. The van der Waals surface area contributed by atoms with Crippen LogP contribution in [0.1, 0.15) is 39.2 Å². The summed E-state index contributed by atoms with van der Waals surface area (Å²) < 4.78 is 1.69. The van der Waals surface area contributed by atoms with Crippen molar-refractivity contribution >= 4 is 11.8 Å². The molecule has 2 heterocycles. The fourth-order valence-corrected chi connectivity index (χ4v) is 3.21. The third-order valence-corrected chi connectivity index (χ3v) is 4.96. The lowest BCUT2D eigenvalue weighted by molar-refractivity contribution is 0.0531. The van der Waals surface area contributed by atoms with E-state index in [0.29, 0.717) is 11.1 Å². The number of carbonyl (C=O) groups excluding carboxylic acids is 2. The van der Waals surface area contributed by atoms with Crippen LogP contribution in [0.2, 0.25) is 0 Å². The molecule has 1 atom stereocenters. The average Bonchev–Trinajstić information content (AvgIpc) is 3.32. The molecular weight excluding hydrogens is 342 g/mol. The van der Waals surface area contributed by atoms with Gasteiger partial charge < -0.3 is 0 Å². The second-order valence-corrected chi connectivity index (χ2v) is 6.59. The number of benzene rings is 2. The summed E-state index contributed by atoms with van der Waals surface area (Å²) in [5, 5.41) is 4.11. The monoisotopic (exact) mass is 361 g/mol. The third kappa shape index (κ3) is 3.02. The molecule has 136 valence electrons. The first kappa shape index (κ1) is 17.1. The van der Waals surface area contributed by atoms with Gasteiger partial charge >= 0.3 is 0 Å². The number of carbonyl (C=O) groups is 2. The Kier molecular flexibility index (Phi) is 4.29. The van der Waals surface area contributed by atoms with Crippen LogP contribution >= 0.6 is 0 Å². The first-order valence-corrected chi connectivity index (χ1v) is 8.66. The molecule has 7 nitrogen and oxygen atoms in total. The van der Waals surface area contributed by atoms with Crippen LogP contribution in [0.15, 0.2) is 61.2 Å². The molecule has 1 aromatic heterocycles. The summed E-state index contributed by atoms with van der Waals surface area (Å²) in [6.07, 6.45) is 3.14. The fourth-order valence-electron chi connectivity index (χ4n) is 3.21. The van der Waals surface area contributed by atoms with Crippen molar-refractivity contribution in [2.24, 2.45) is 0 Å². The molecule has 7 heteroatoms. The lowest BCUT2D eigenvalue weighted by atomic mass is 10.1. The molecular formula is C20H19N5O2. The summed E-state index contributed by atoms with van der Waals surface area (Å²) in [6.45, 7) is 2.28. The SMILES string of the molecule is C[C@@H](c1ccc(-n2cncn2)cc1)N(C)CN1C(=O)c2ccccc2C1=O. The highest BCUT2D eigenvalue weighted by Gasteiger charge is 2.36. The molecule has 1 aliphatic rings. The Morgan fingerprint density at radius 2 is 1.63 bits per heavy atom. The second kappa shape index (κ2) is 6.77. The van der Waals surface area contributed by atoms with Gasteiger partial charge in [0, 0.05) is 6.04 Å². The average molecular weight is 361 g/mol. The minimum atomic E-state index is -0.240. The van der Waals surface area contributed by atoms with Crippen LogP contribution in [0.25, 0.3) is 5.69 Å². The lowest BCUT2D eigenvalue weighted by Gasteiger charge is -2.28. The van der Waals surface area contributed by atoms with Crippen LogP contribution in [0.5, 0.6) is 0 Å². The van der Waals surface area contributed by atoms with Crippen molar-refractivity contribution in [3.05, 3.63) is 77.9 Å². The number of imide groups is 1. The van der Waals surface area contributed by atoms with Gasteiger partial charge in [-0.3, -0.25) is 19.4 Å². The summed E-state index contributed by atoms with van der Waals surface area (Å²) in [5.41, 5.74) is 2.95. The predicted molar refractivity (Wildman–Crippen MR) is 99.3 cm³/mol. The Morgan fingerprint density at radius 3 is 2.19 bits per heavy atom. The molecule has 27 heavy (non-hydrogen) atoms. The maximum atomic E-state index is 12.5. The number of rotatable bonds is 5. The maximum absolute atomic E-state index is 12.5. The van der Waals surface area contributed by atoms with Crippen molar-refractivity contribution in [2.75, 3.05) is 13.7 Å². The molecule has 0 saturated heterocycles. The van der Waals surface area contributed by atoms with Crippen LogP contribution < -0.4 is 0 Å². The Balaban J connectivity index is 1.48. The van der Waals surface area contributed by atoms with E-state index in [0.717, 1.165) is 11.3 Å². The molecule has 2 amide bonds. The van der Waals surface area contributed by atoms with E-state index in [-0.39, 0.29) is 24.5 Å². The van der Waals surface area contributed by atoms with Crippen molar-refractivity contribution in [1.82, 2.24) is 24.6 Å². The standard InChI is InChI=1S/C20H19N5O2/c1-14(15-7-9-16(10-8-15)25-12-21-11-22-25)23(2)13-24-19(26)17-5-3-4-6-18(17)20(24)27/h3-12,14H,13H2,1-2H3/t14-/m0/s1. The Bertz CT molecular complexity index is 947. The molecule has 0 saturated carbocycles. The van der Waals surface area contributed by atoms with E-state index >= 15 is 0 Å². The zero-order valence-corrected chi connectivity index (χ0v) is 15.1. The van der Waals surface area contributed by atoms with E-state index in [1.165, 1.54) is 11.2 Å². The van der Waals surface area contributed by atoms with Gasteiger partial charge in [0.25, 0.3) is 11.8 Å². The Labute approximate surface area is 156 Å². The number of fused-ring (bicyclic) bond motifs is 1. The zero-order valence-electron chi connectivity index (χ0n) is 15.1. The van der Waals surface area contributed by atoms with Gasteiger partial charge in [-0.25, -0.2) is 9.67 Å². The number of nitrogens with zero attached hydrogens (tertiary/aromatic N) is 5. The summed E-state index contributed by atoms with van der Waals surface area (Å²) in [6, 6.07) is 14.9. The van der Waals surface area contributed by atoms with Gasteiger partial charge in [0.1, 0.15) is 12.7 Å². The van der Waals surface area contributed by atoms with E-state index in [9.17, 15) is 9.59 Å². The van der Waals surface area contributed by atoms with Gasteiger partial charge in [-0.2, -0.15) is 5.10 Å². The highest BCUT2D eigenvalue weighted by Crippen LogP contribution is 2.25. The molecule has 0 bridgehead atoms. The predicted octanol–water partition coefficient (Wildman–Crippen LogP) is 2.51. The maximum Gasteiger partial charge on any atom is 0.262 e. The smallest absolute Gasteiger partial charge is 0.262 e. The first-order valence-electron chi connectivity index (χ1n) is 8.66. The van der Waals surface area contributed by atoms with Crippen LogP contribution in [0.3, 0.4) is 0 Å². The molecule has 0 N–H and O–H groups in total. The normalized spacial score (nSPS) is 14.7. The summed E-state index contributed by atoms with van der Waals surface area (Å²) in [7, 11) is 1.90. The van der Waals surface area contributed by atoms with Crippen molar-refractivity contribution < 1.29 is 9.59 Å². The van der Waals surface area contributed by atoms with Crippen molar-refractivity contribution in [3.63, 3.8) is 0 Å². The molecule has 0 aliphatic carbocycles. The van der Waals surface area contributed by atoms with Gasteiger partial charge in [-0.05, 0) is 43.8 Å². The number of amides is 2. The van der Waals surface area contributed by atoms with E-state index in [2.05, 4.69) is 10.1 Å². The molecule has 3 aromatic rings. The molecule has 0 unspecified atom stereocenters. The molecule has 0 radical (unpaired) electrons. The number of aromatic nitrogens is 3. The lowest BCUT2D eigenvalue weighted by Crippen LogP contribution is -2.40. The van der Waals surface area contributed by atoms with E-state index in [1.54, 1.807) is 35.3 Å². The van der Waals surface area contributed by atoms with Crippen LogP contribution in [-0.2, 0) is 0 Å². The molecule has 4 rings (SSSR count). The minimum absolute atomic E-state index is 0.0270. The van der Waals surface area contributed by atoms with Crippen molar-refractivity contribution in [3.8, 4) is 5.69 Å². The number of hydrogen-bond donors (Lipinski definition) is 0. The topological polar surface area (TPSA) is 71.3 Å². The minimum Gasteiger partial charge on any atom is -0.282 e. The third-order valence-electron chi connectivity index (χ3n) is 4.96. The highest BCUT2D eigenvalue weighted by molar-refractivity contribution is 6.21. The first-order chi connectivity index (χ1) is 13.1. The quantitative estimate of drug-likeness (QED) is 0.653. The second-order valence-electron chi connectivity index (χ2n) is 6.59. The van der Waals surface area contributed by atoms with Gasteiger partial charge in [0.2, 0.25) is 0 Å². The summed E-state index contributed by atoms with van der Waals surface area (Å²) in [4.78, 5) is 32.3. The Morgan fingerprint density at radius 1 is 1.00 bits per heavy atom. The van der Waals surface area contributed by atoms with Crippen LogP contribution in [-0.4, -0.2) is 50.1 Å². The van der Waals surface area contributed by atoms with Crippen molar-refractivity contribution in [1.29, 1.82) is 0 Å². The summed E-state index contributed by atoms with van der Waals surface area (Å²) in [5.74, 6) is -0.479. The van der Waals surface area contributed by atoms with Gasteiger partial charge in [-0.1, -0.05) is 24.3 Å². The van der Waals surface area contributed by atoms with Crippen LogP contribution in [0.4, 0.5) is 0 Å². The van der Waals surface area contributed by atoms with Gasteiger partial charge in [-0.15, -0.1) is 0 Å². The largest absolute Gasteiger partial charge is 0.282 e. The fraction of sp³-hybridized carbons (Fsp3) is 0.200. The molecule has 0 spiro atoms.